The number of Topliss-reactive ketones (excluding diaryl/α,β-unsaturated/α-hetero) is 1. The Labute approximate surface area is 229 Å². The van der Waals surface area contributed by atoms with Gasteiger partial charge in [-0.25, -0.2) is 4.98 Å². The van der Waals surface area contributed by atoms with Gasteiger partial charge in [-0.3, -0.25) is 4.79 Å². The van der Waals surface area contributed by atoms with Crippen molar-refractivity contribution in [2.24, 2.45) is 11.3 Å². The third-order valence-corrected chi connectivity index (χ3v) is 8.04. The minimum absolute atomic E-state index is 0.0996. The van der Waals surface area contributed by atoms with Crippen molar-refractivity contribution in [1.82, 2.24) is 4.98 Å². The third-order valence-electron chi connectivity index (χ3n) is 8.04. The van der Waals surface area contributed by atoms with Crippen LogP contribution in [0.15, 0.2) is 47.3 Å². The van der Waals surface area contributed by atoms with Crippen molar-refractivity contribution in [3.63, 3.8) is 0 Å². The van der Waals surface area contributed by atoms with Crippen LogP contribution in [0, 0.1) is 11.3 Å². The van der Waals surface area contributed by atoms with Crippen molar-refractivity contribution in [3.05, 3.63) is 54.3 Å². The summed E-state index contributed by atoms with van der Waals surface area (Å²) in [6.45, 7) is 11.2. The predicted molar refractivity (Wildman–Crippen MR) is 144 cm³/mol. The molecule has 0 aliphatic carbocycles. The van der Waals surface area contributed by atoms with Crippen LogP contribution in [0.1, 0.15) is 83.8 Å². The van der Waals surface area contributed by atoms with Gasteiger partial charge in [-0.05, 0) is 55.9 Å². The summed E-state index contributed by atoms with van der Waals surface area (Å²) in [5.74, 6) is -1.07. The standard InChI is InChI=1S/C30H41NO8/c1-6-16-36-25-13-15-28(3,4)23(33)12-9-19(2)8-7-14-29(5)30(35,39-29)27(34)26(38-25)20-10-11-22-21(17-20)31-24(18-32)37-22/h6,10-11,13,17,19,26-27,32,34-35H,1,7-9,12,14-16,18H2,2-5H3/b25-13-. The van der Waals surface area contributed by atoms with Gasteiger partial charge in [0.15, 0.2) is 17.8 Å². The van der Waals surface area contributed by atoms with Crippen molar-refractivity contribution in [3.8, 4) is 0 Å². The average molecular weight is 544 g/mol. The van der Waals surface area contributed by atoms with E-state index in [4.69, 9.17) is 18.6 Å². The van der Waals surface area contributed by atoms with Gasteiger partial charge in [0.25, 0.3) is 5.95 Å². The van der Waals surface area contributed by atoms with Crippen molar-refractivity contribution in [2.45, 2.75) is 96.4 Å². The molecular formula is C30H41NO8. The lowest BCUT2D eigenvalue weighted by molar-refractivity contribution is -0.146. The van der Waals surface area contributed by atoms with E-state index in [2.05, 4.69) is 18.5 Å². The number of ether oxygens (including phenoxy) is 3. The lowest BCUT2D eigenvalue weighted by atomic mass is 9.81. The summed E-state index contributed by atoms with van der Waals surface area (Å²) >= 11 is 0. The highest BCUT2D eigenvalue weighted by molar-refractivity contribution is 5.84. The van der Waals surface area contributed by atoms with Gasteiger partial charge in [0.05, 0.1) is 0 Å². The van der Waals surface area contributed by atoms with Gasteiger partial charge in [0.1, 0.15) is 30.1 Å². The molecule has 3 N–H and O–H groups in total. The molecule has 4 rings (SSSR count). The first-order valence-electron chi connectivity index (χ1n) is 13.7. The van der Waals surface area contributed by atoms with E-state index in [-0.39, 0.29) is 30.8 Å². The van der Waals surface area contributed by atoms with Crippen molar-refractivity contribution < 1.29 is 38.7 Å². The van der Waals surface area contributed by atoms with Gasteiger partial charge in [-0.2, -0.15) is 0 Å². The number of ketones is 1. The van der Waals surface area contributed by atoms with E-state index in [0.717, 1.165) is 19.3 Å². The second-order valence-corrected chi connectivity index (χ2v) is 11.7. The second kappa shape index (κ2) is 11.4. The van der Waals surface area contributed by atoms with Gasteiger partial charge < -0.3 is 33.9 Å². The smallest absolute Gasteiger partial charge is 0.275 e. The molecule has 2 aromatic rings. The van der Waals surface area contributed by atoms with Gasteiger partial charge in [0.2, 0.25) is 11.7 Å². The Hall–Kier alpha value is -2.72. The van der Waals surface area contributed by atoms with Crippen LogP contribution < -0.4 is 0 Å². The fourth-order valence-corrected chi connectivity index (χ4v) is 5.19. The molecule has 3 heterocycles. The van der Waals surface area contributed by atoms with Crippen LogP contribution in [0.5, 0.6) is 0 Å². The Morgan fingerprint density at radius 2 is 2.03 bits per heavy atom. The monoisotopic (exact) mass is 543 g/mol. The molecule has 1 aromatic carbocycles. The fourth-order valence-electron chi connectivity index (χ4n) is 5.19. The average Bonchev–Trinajstić information content (AvgIpc) is 3.24. The molecule has 0 spiro atoms. The highest BCUT2D eigenvalue weighted by Gasteiger charge is 2.71. The molecule has 5 atom stereocenters. The molecule has 1 aromatic heterocycles. The fraction of sp³-hybridized carbons (Fsp3) is 0.600. The van der Waals surface area contributed by atoms with E-state index in [1.807, 2.05) is 13.8 Å². The number of carbonyl (C=O) groups excluding carboxylic acids is 1. The highest BCUT2D eigenvalue weighted by atomic mass is 16.8. The number of aliphatic hydroxyl groups is 3. The molecule has 2 aliphatic rings. The van der Waals surface area contributed by atoms with E-state index in [0.29, 0.717) is 41.8 Å². The van der Waals surface area contributed by atoms with Gasteiger partial charge in [-0.1, -0.05) is 52.3 Å². The van der Waals surface area contributed by atoms with E-state index in [1.54, 1.807) is 37.3 Å². The Morgan fingerprint density at radius 3 is 2.74 bits per heavy atom. The number of aromatic nitrogens is 1. The molecule has 2 aliphatic heterocycles. The van der Waals surface area contributed by atoms with Crippen LogP contribution in [-0.2, 0) is 25.6 Å². The Morgan fingerprint density at radius 1 is 1.26 bits per heavy atom. The molecular weight excluding hydrogens is 502 g/mol. The zero-order chi connectivity index (χ0) is 28.4. The minimum atomic E-state index is -1.84. The number of fused-ring (bicyclic) bond motifs is 2. The van der Waals surface area contributed by atoms with Crippen molar-refractivity contribution in [2.75, 3.05) is 6.61 Å². The van der Waals surface area contributed by atoms with Crippen LogP contribution in [-0.4, -0.2) is 50.2 Å². The summed E-state index contributed by atoms with van der Waals surface area (Å²) in [5.41, 5.74) is -0.184. The highest BCUT2D eigenvalue weighted by Crippen LogP contribution is 2.54. The van der Waals surface area contributed by atoms with Crippen LogP contribution in [0.25, 0.3) is 11.1 Å². The SMILES string of the molecule is C=CCO/C1=C/CC(C)(C)C(=O)CCC(C)CCCC2(C)OC2(O)C(O)C(c2ccc3oc(CO)nc3c2)O1. The van der Waals surface area contributed by atoms with Gasteiger partial charge in [-0.15, -0.1) is 0 Å². The topological polar surface area (TPSA) is 135 Å². The predicted octanol–water partition coefficient (Wildman–Crippen LogP) is 4.85. The van der Waals surface area contributed by atoms with E-state index < -0.39 is 29.0 Å². The molecule has 0 bridgehead atoms. The van der Waals surface area contributed by atoms with E-state index in [1.165, 1.54) is 0 Å². The molecule has 1 saturated heterocycles. The number of hydrogen-bond acceptors (Lipinski definition) is 9. The lowest BCUT2D eigenvalue weighted by Gasteiger charge is -2.29. The summed E-state index contributed by atoms with van der Waals surface area (Å²) in [7, 11) is 0. The maximum atomic E-state index is 13.1. The Balaban J connectivity index is 1.74. The molecule has 5 unspecified atom stereocenters. The normalized spacial score (nSPS) is 33.5. The van der Waals surface area contributed by atoms with Crippen molar-refractivity contribution >= 4 is 16.9 Å². The van der Waals surface area contributed by atoms with Gasteiger partial charge >= 0.3 is 0 Å². The Kier molecular flexibility index (Phi) is 8.56. The largest absolute Gasteiger partial charge is 0.461 e. The number of aliphatic hydroxyl groups excluding tert-OH is 2. The maximum absolute atomic E-state index is 13.1. The number of benzene rings is 1. The summed E-state index contributed by atoms with van der Waals surface area (Å²) < 4.78 is 23.4. The second-order valence-electron chi connectivity index (χ2n) is 11.7. The molecule has 0 amide bonds. The number of rotatable bonds is 5. The number of epoxide rings is 1. The number of carbonyl (C=O) groups is 1. The molecule has 9 heteroatoms. The van der Waals surface area contributed by atoms with Crippen LogP contribution >= 0.6 is 0 Å². The van der Waals surface area contributed by atoms with Crippen LogP contribution in [0.2, 0.25) is 0 Å². The molecule has 214 valence electrons. The quantitative estimate of drug-likeness (QED) is 0.357. The lowest BCUT2D eigenvalue weighted by Crippen LogP contribution is -2.41. The number of hydrogen-bond donors (Lipinski definition) is 3. The first-order chi connectivity index (χ1) is 18.4. The first kappa shape index (κ1) is 29.3. The Bertz CT molecular complexity index is 1220. The summed E-state index contributed by atoms with van der Waals surface area (Å²) in [6.07, 6.45) is 4.50. The maximum Gasteiger partial charge on any atom is 0.275 e. The molecule has 9 nitrogen and oxygen atoms in total. The van der Waals surface area contributed by atoms with Crippen LogP contribution in [0.4, 0.5) is 0 Å². The minimum Gasteiger partial charge on any atom is -0.461 e. The molecule has 0 radical (unpaired) electrons. The number of oxazole rings is 1. The zero-order valence-corrected chi connectivity index (χ0v) is 23.3. The van der Waals surface area contributed by atoms with Crippen LogP contribution in [0.3, 0.4) is 0 Å². The zero-order valence-electron chi connectivity index (χ0n) is 23.3. The third kappa shape index (κ3) is 6.22. The summed E-state index contributed by atoms with van der Waals surface area (Å²) in [4.78, 5) is 17.4. The van der Waals surface area contributed by atoms with Gasteiger partial charge in [0, 0.05) is 11.8 Å². The van der Waals surface area contributed by atoms with E-state index in [9.17, 15) is 20.1 Å². The van der Waals surface area contributed by atoms with E-state index >= 15 is 0 Å². The number of nitrogens with zero attached hydrogens (tertiary/aromatic N) is 1. The summed E-state index contributed by atoms with van der Waals surface area (Å²) in [6, 6.07) is 5.04. The number of allylic oxidation sites excluding steroid dienone is 1. The van der Waals surface area contributed by atoms with Crippen molar-refractivity contribution in [1.29, 1.82) is 0 Å². The molecule has 39 heavy (non-hydrogen) atoms. The first-order valence-corrected chi connectivity index (χ1v) is 13.7. The summed E-state index contributed by atoms with van der Waals surface area (Å²) in [5, 5.41) is 32.5. The molecule has 0 saturated carbocycles. The molecule has 1 fully saturated rings.